The monoisotopic (exact) mass is 282 g/mol. The largest absolute Gasteiger partial charge is 0.309 e. The van der Waals surface area contributed by atoms with Crippen LogP contribution in [0.2, 0.25) is 5.02 Å². The van der Waals surface area contributed by atoms with Crippen LogP contribution in [-0.2, 0) is 13.1 Å². The molecule has 4 nitrogen and oxygen atoms in total. The van der Waals surface area contributed by atoms with Crippen LogP contribution in [0.5, 0.6) is 0 Å². The van der Waals surface area contributed by atoms with Gasteiger partial charge in [-0.25, -0.2) is 9.07 Å². The average molecular weight is 283 g/mol. The molecule has 102 valence electrons. The number of nitrogens with zero attached hydrogens (tertiary/aromatic N) is 3. The molecule has 0 fully saturated rings. The van der Waals surface area contributed by atoms with E-state index in [1.165, 1.54) is 6.07 Å². The summed E-state index contributed by atoms with van der Waals surface area (Å²) < 4.78 is 15.2. The van der Waals surface area contributed by atoms with Crippen molar-refractivity contribution in [2.75, 3.05) is 0 Å². The first-order chi connectivity index (χ1) is 9.06. The number of halogens is 2. The molecule has 0 radical (unpaired) electrons. The minimum absolute atomic E-state index is 0.278. The molecule has 0 aliphatic carbocycles. The summed E-state index contributed by atoms with van der Waals surface area (Å²) in [7, 11) is 0. The molecule has 2 aromatic rings. The normalized spacial score (nSPS) is 11.2. The lowest BCUT2D eigenvalue weighted by molar-refractivity contribution is 0.576. The second kappa shape index (κ2) is 6.12. The van der Waals surface area contributed by atoms with E-state index in [2.05, 4.69) is 29.5 Å². The van der Waals surface area contributed by atoms with E-state index in [4.69, 9.17) is 11.6 Å². The lowest BCUT2D eigenvalue weighted by Gasteiger charge is -2.05. The quantitative estimate of drug-likeness (QED) is 0.917. The molecule has 0 spiro atoms. The lowest BCUT2D eigenvalue weighted by atomic mass is 10.2. The highest BCUT2D eigenvalue weighted by Gasteiger charge is 2.09. The highest BCUT2D eigenvalue weighted by Crippen LogP contribution is 2.19. The first-order valence-corrected chi connectivity index (χ1v) is 6.49. The van der Waals surface area contributed by atoms with Crippen LogP contribution < -0.4 is 5.32 Å². The summed E-state index contributed by atoms with van der Waals surface area (Å²) in [4.78, 5) is 0. The molecule has 0 aliphatic heterocycles. The molecule has 0 saturated heterocycles. The van der Waals surface area contributed by atoms with Crippen molar-refractivity contribution in [1.82, 2.24) is 20.3 Å². The Labute approximate surface area is 116 Å². The maximum absolute atomic E-state index is 13.6. The smallest absolute Gasteiger partial charge is 0.129 e. The van der Waals surface area contributed by atoms with E-state index in [9.17, 15) is 4.39 Å². The van der Waals surface area contributed by atoms with E-state index in [0.29, 0.717) is 23.2 Å². The van der Waals surface area contributed by atoms with E-state index in [1.807, 2.05) is 0 Å². The zero-order valence-corrected chi connectivity index (χ0v) is 11.7. The van der Waals surface area contributed by atoms with Gasteiger partial charge in [0.15, 0.2) is 0 Å². The highest BCUT2D eigenvalue weighted by molar-refractivity contribution is 6.31. The fourth-order valence-electron chi connectivity index (χ4n) is 1.65. The Kier molecular flexibility index (Phi) is 4.50. The van der Waals surface area contributed by atoms with Gasteiger partial charge in [0, 0.05) is 23.2 Å². The van der Waals surface area contributed by atoms with Crippen LogP contribution in [0.15, 0.2) is 24.4 Å². The summed E-state index contributed by atoms with van der Waals surface area (Å²) in [6.07, 6.45) is 1.79. The first kappa shape index (κ1) is 14.0. The van der Waals surface area contributed by atoms with Crippen molar-refractivity contribution in [3.05, 3.63) is 46.5 Å². The molecule has 19 heavy (non-hydrogen) atoms. The van der Waals surface area contributed by atoms with E-state index < -0.39 is 0 Å². The molecule has 0 atom stereocenters. The van der Waals surface area contributed by atoms with Gasteiger partial charge < -0.3 is 5.32 Å². The summed E-state index contributed by atoms with van der Waals surface area (Å²) in [5, 5.41) is 11.6. The maximum Gasteiger partial charge on any atom is 0.129 e. The van der Waals surface area contributed by atoms with Crippen molar-refractivity contribution in [2.24, 2.45) is 0 Å². The predicted molar refractivity (Wildman–Crippen MR) is 72.5 cm³/mol. The molecule has 0 saturated carbocycles. The summed E-state index contributed by atoms with van der Waals surface area (Å²) >= 11 is 5.98. The van der Waals surface area contributed by atoms with Crippen molar-refractivity contribution in [2.45, 2.75) is 33.0 Å². The Hall–Kier alpha value is -1.46. The Bertz CT molecular complexity index is 533. The molecule has 1 aromatic carbocycles. The number of benzene rings is 1. The van der Waals surface area contributed by atoms with E-state index >= 15 is 0 Å². The SMILES string of the molecule is CC(C)NCc1cn(Cc2c(F)cccc2Cl)nn1. The minimum atomic E-state index is -0.329. The van der Waals surface area contributed by atoms with Crippen LogP contribution >= 0.6 is 11.6 Å². The van der Waals surface area contributed by atoms with Gasteiger partial charge in [0.2, 0.25) is 0 Å². The fraction of sp³-hybridized carbons (Fsp3) is 0.385. The van der Waals surface area contributed by atoms with Gasteiger partial charge in [-0.05, 0) is 12.1 Å². The van der Waals surface area contributed by atoms with Crippen LogP contribution in [0.25, 0.3) is 0 Å². The Morgan fingerprint density at radius 2 is 2.21 bits per heavy atom. The van der Waals surface area contributed by atoms with Crippen LogP contribution in [0.1, 0.15) is 25.1 Å². The third-order valence-corrected chi connectivity index (χ3v) is 3.01. The molecule has 1 N–H and O–H groups in total. The van der Waals surface area contributed by atoms with Crippen molar-refractivity contribution < 1.29 is 4.39 Å². The number of aromatic nitrogens is 3. The van der Waals surface area contributed by atoms with Crippen molar-refractivity contribution in [3.8, 4) is 0 Å². The van der Waals surface area contributed by atoms with Gasteiger partial charge in [0.05, 0.1) is 18.4 Å². The molecule has 0 amide bonds. The average Bonchev–Trinajstić information content (AvgIpc) is 2.79. The van der Waals surface area contributed by atoms with Gasteiger partial charge in [-0.2, -0.15) is 0 Å². The Morgan fingerprint density at radius 3 is 2.89 bits per heavy atom. The molecule has 6 heteroatoms. The number of hydrogen-bond acceptors (Lipinski definition) is 3. The molecule has 0 aliphatic rings. The number of hydrogen-bond donors (Lipinski definition) is 1. The van der Waals surface area contributed by atoms with E-state index in [-0.39, 0.29) is 12.4 Å². The van der Waals surface area contributed by atoms with Gasteiger partial charge >= 0.3 is 0 Å². The zero-order valence-electron chi connectivity index (χ0n) is 10.9. The topological polar surface area (TPSA) is 42.7 Å². The maximum atomic E-state index is 13.6. The molecule has 1 aromatic heterocycles. The standard InChI is InChI=1S/C13H16ClFN4/c1-9(2)16-6-10-7-19(18-17-10)8-11-12(14)4-3-5-13(11)15/h3-5,7,9,16H,6,8H2,1-2H3. The Balaban J connectivity index is 2.07. The third-order valence-electron chi connectivity index (χ3n) is 2.66. The first-order valence-electron chi connectivity index (χ1n) is 6.11. The molecule has 0 unspecified atom stereocenters. The van der Waals surface area contributed by atoms with E-state index in [1.54, 1.807) is 23.0 Å². The van der Waals surface area contributed by atoms with Gasteiger partial charge in [0.25, 0.3) is 0 Å². The number of nitrogens with one attached hydrogen (secondary N) is 1. The molecule has 1 heterocycles. The Morgan fingerprint density at radius 1 is 1.42 bits per heavy atom. The second-order valence-electron chi connectivity index (χ2n) is 4.64. The zero-order chi connectivity index (χ0) is 13.8. The van der Waals surface area contributed by atoms with Crippen molar-refractivity contribution in [1.29, 1.82) is 0 Å². The van der Waals surface area contributed by atoms with Crippen molar-refractivity contribution in [3.63, 3.8) is 0 Å². The lowest BCUT2D eigenvalue weighted by Crippen LogP contribution is -2.21. The molecule has 0 bridgehead atoms. The molecular formula is C13H16ClFN4. The van der Waals surface area contributed by atoms with Crippen molar-refractivity contribution >= 4 is 11.6 Å². The predicted octanol–water partition coefficient (Wildman–Crippen LogP) is 2.62. The third kappa shape index (κ3) is 3.75. The molecular weight excluding hydrogens is 267 g/mol. The summed E-state index contributed by atoms with van der Waals surface area (Å²) in [6.45, 7) is 5.04. The van der Waals surface area contributed by atoms with Gasteiger partial charge in [0.1, 0.15) is 5.82 Å². The van der Waals surface area contributed by atoms with Crippen LogP contribution in [0.3, 0.4) is 0 Å². The minimum Gasteiger partial charge on any atom is -0.309 e. The van der Waals surface area contributed by atoms with E-state index in [0.717, 1.165) is 5.69 Å². The molecule has 2 rings (SSSR count). The van der Waals surface area contributed by atoms with Crippen LogP contribution in [0.4, 0.5) is 4.39 Å². The van der Waals surface area contributed by atoms with Gasteiger partial charge in [-0.3, -0.25) is 0 Å². The summed E-state index contributed by atoms with van der Waals surface area (Å²) in [5.74, 6) is -0.329. The van der Waals surface area contributed by atoms with Crippen LogP contribution in [0, 0.1) is 5.82 Å². The fourth-order valence-corrected chi connectivity index (χ4v) is 1.87. The van der Waals surface area contributed by atoms with Gasteiger partial charge in [-0.1, -0.05) is 36.7 Å². The second-order valence-corrected chi connectivity index (χ2v) is 5.05. The number of rotatable bonds is 5. The summed E-state index contributed by atoms with van der Waals surface area (Å²) in [5.41, 5.74) is 1.25. The highest BCUT2D eigenvalue weighted by atomic mass is 35.5. The summed E-state index contributed by atoms with van der Waals surface area (Å²) in [6, 6.07) is 5.02. The van der Waals surface area contributed by atoms with Crippen LogP contribution in [-0.4, -0.2) is 21.0 Å². The van der Waals surface area contributed by atoms with Gasteiger partial charge in [-0.15, -0.1) is 5.10 Å².